The van der Waals surface area contributed by atoms with Crippen LogP contribution in [0.15, 0.2) is 16.5 Å². The highest BCUT2D eigenvalue weighted by Gasteiger charge is 2.28. The number of benzene rings is 1. The Balaban J connectivity index is 2.19. The van der Waals surface area contributed by atoms with Crippen molar-refractivity contribution in [1.29, 1.82) is 0 Å². The summed E-state index contributed by atoms with van der Waals surface area (Å²) in [6.45, 7) is 9.62. The van der Waals surface area contributed by atoms with Crippen molar-refractivity contribution in [3.05, 3.63) is 29.2 Å². The molecule has 9 heteroatoms. The molecule has 0 fully saturated rings. The highest BCUT2D eigenvalue weighted by molar-refractivity contribution is 5.91. The Morgan fingerprint density at radius 2 is 1.78 bits per heavy atom. The van der Waals surface area contributed by atoms with Crippen molar-refractivity contribution in [2.75, 3.05) is 26.6 Å². The van der Waals surface area contributed by atoms with E-state index in [0.29, 0.717) is 58.6 Å². The van der Waals surface area contributed by atoms with E-state index in [-0.39, 0.29) is 0 Å². The number of ether oxygens (including phenoxy) is 4. The van der Waals surface area contributed by atoms with Crippen molar-refractivity contribution >= 4 is 17.5 Å². The molecular weight excluding hydrogens is 414 g/mol. The molecule has 0 saturated carbocycles. The molecule has 3 aromatic rings. The Hall–Kier alpha value is -3.20. The van der Waals surface area contributed by atoms with Gasteiger partial charge in [0.25, 0.3) is 0 Å². The second-order valence-electron chi connectivity index (χ2n) is 8.33. The first-order valence-corrected chi connectivity index (χ1v) is 10.4. The van der Waals surface area contributed by atoms with Crippen molar-refractivity contribution in [3.63, 3.8) is 0 Å². The summed E-state index contributed by atoms with van der Waals surface area (Å²) in [6, 6.07) is 3.79. The summed E-state index contributed by atoms with van der Waals surface area (Å²) in [5.41, 5.74) is 3.20. The molecule has 9 nitrogen and oxygen atoms in total. The minimum absolute atomic E-state index is 0.408. The van der Waals surface area contributed by atoms with E-state index in [1.807, 2.05) is 46.8 Å². The van der Waals surface area contributed by atoms with Crippen molar-refractivity contribution in [2.24, 2.45) is 0 Å². The molecule has 0 atom stereocenters. The number of oxazole rings is 1. The van der Waals surface area contributed by atoms with Gasteiger partial charge in [-0.25, -0.2) is 4.79 Å². The van der Waals surface area contributed by atoms with Gasteiger partial charge in [-0.3, -0.25) is 5.32 Å². The van der Waals surface area contributed by atoms with Gasteiger partial charge in [-0.15, -0.1) is 0 Å². The zero-order chi connectivity index (χ0) is 23.6. The lowest BCUT2D eigenvalue weighted by atomic mass is 10.0. The summed E-state index contributed by atoms with van der Waals surface area (Å²) in [7, 11) is 4.82. The van der Waals surface area contributed by atoms with Gasteiger partial charge in [0.15, 0.2) is 0 Å². The predicted molar refractivity (Wildman–Crippen MR) is 121 cm³/mol. The average molecular weight is 446 g/mol. The first-order chi connectivity index (χ1) is 15.1. The molecule has 0 spiro atoms. The van der Waals surface area contributed by atoms with Crippen LogP contribution in [-0.4, -0.2) is 42.6 Å². The Labute approximate surface area is 187 Å². The fourth-order valence-electron chi connectivity index (χ4n) is 3.54. The third kappa shape index (κ3) is 4.52. The summed E-state index contributed by atoms with van der Waals surface area (Å²) in [4.78, 5) is 12.4. The minimum atomic E-state index is -0.627. The number of hydrogen-bond acceptors (Lipinski definition) is 7. The van der Waals surface area contributed by atoms with Gasteiger partial charge in [-0.1, -0.05) is 6.92 Å². The predicted octanol–water partition coefficient (Wildman–Crippen LogP) is 4.98. The Kier molecular flexibility index (Phi) is 6.68. The summed E-state index contributed by atoms with van der Waals surface area (Å²) < 4.78 is 29.8. The van der Waals surface area contributed by atoms with Crippen LogP contribution in [0, 0.1) is 6.92 Å². The van der Waals surface area contributed by atoms with Crippen molar-refractivity contribution in [1.82, 2.24) is 9.61 Å². The lowest BCUT2D eigenvalue weighted by molar-refractivity contribution is 0.0635. The van der Waals surface area contributed by atoms with Crippen LogP contribution < -0.4 is 14.8 Å². The third-order valence-corrected chi connectivity index (χ3v) is 4.78. The molecule has 0 unspecified atom stereocenters. The lowest BCUT2D eigenvalue weighted by Crippen LogP contribution is -2.27. The average Bonchev–Trinajstić information content (AvgIpc) is 3.20. The highest BCUT2D eigenvalue weighted by atomic mass is 16.6. The zero-order valence-corrected chi connectivity index (χ0v) is 19.9. The molecule has 2 aromatic heterocycles. The number of aromatic nitrogens is 2. The molecule has 3 rings (SSSR count). The molecule has 0 aliphatic heterocycles. The van der Waals surface area contributed by atoms with Gasteiger partial charge in [0.2, 0.25) is 5.71 Å². The highest BCUT2D eigenvalue weighted by Crippen LogP contribution is 2.43. The maximum atomic E-state index is 12.4. The molecule has 2 heterocycles. The smallest absolute Gasteiger partial charge is 0.412 e. The van der Waals surface area contributed by atoms with Gasteiger partial charge >= 0.3 is 6.09 Å². The fraction of sp³-hybridized carbons (Fsp3) is 0.478. The maximum absolute atomic E-state index is 12.4. The molecular formula is C23H31N3O6. The maximum Gasteiger partial charge on any atom is 0.412 e. The first kappa shape index (κ1) is 23.5. The van der Waals surface area contributed by atoms with Crippen LogP contribution in [0.25, 0.3) is 17.0 Å². The SMILES string of the molecule is CCc1nn2c(-c3c(OC)cc(COC)cc3OC)c(C)oc2c1NC(=O)OC(C)(C)C. The van der Waals surface area contributed by atoms with Gasteiger partial charge in [0.05, 0.1) is 32.1 Å². The molecule has 1 amide bonds. The zero-order valence-electron chi connectivity index (χ0n) is 19.9. The monoisotopic (exact) mass is 445 g/mol. The molecule has 0 bridgehead atoms. The minimum Gasteiger partial charge on any atom is -0.496 e. The Bertz CT molecular complexity index is 1100. The first-order valence-electron chi connectivity index (χ1n) is 10.4. The van der Waals surface area contributed by atoms with Gasteiger partial charge < -0.3 is 23.4 Å². The van der Waals surface area contributed by atoms with Crippen molar-refractivity contribution in [2.45, 2.75) is 53.2 Å². The third-order valence-electron chi connectivity index (χ3n) is 4.78. The number of methoxy groups -OCH3 is 3. The van der Waals surface area contributed by atoms with Gasteiger partial charge in [-0.2, -0.15) is 9.61 Å². The summed E-state index contributed by atoms with van der Waals surface area (Å²) in [5.74, 6) is 1.79. The quantitative estimate of drug-likeness (QED) is 0.548. The molecule has 0 radical (unpaired) electrons. The standard InChI is InChI=1S/C23H31N3O6/c1-9-15-19(24-22(27)32-23(3,4)5)21-26(25-15)20(13(2)31-21)18-16(29-7)10-14(12-28-6)11-17(18)30-8/h10-11H,9,12H2,1-8H3,(H,24,27). The summed E-state index contributed by atoms with van der Waals surface area (Å²) in [6.07, 6.45) is 0.0128. The van der Waals surface area contributed by atoms with Crippen molar-refractivity contribution in [3.8, 4) is 22.8 Å². The van der Waals surface area contributed by atoms with Crippen LogP contribution in [0.2, 0.25) is 0 Å². The van der Waals surface area contributed by atoms with Crippen LogP contribution in [0.3, 0.4) is 0 Å². The van der Waals surface area contributed by atoms with Gasteiger partial charge in [0.1, 0.15) is 34.2 Å². The van der Waals surface area contributed by atoms with E-state index in [9.17, 15) is 4.79 Å². The van der Waals surface area contributed by atoms with E-state index in [0.717, 1.165) is 5.56 Å². The number of nitrogens with one attached hydrogen (secondary N) is 1. The number of fused-ring (bicyclic) bond motifs is 1. The molecule has 0 aliphatic carbocycles. The van der Waals surface area contributed by atoms with Crippen LogP contribution in [0.1, 0.15) is 44.7 Å². The molecule has 32 heavy (non-hydrogen) atoms. The summed E-state index contributed by atoms with van der Waals surface area (Å²) in [5, 5.41) is 7.50. The second-order valence-corrected chi connectivity index (χ2v) is 8.33. The molecule has 1 aromatic carbocycles. The number of carbonyl (C=O) groups excluding carboxylic acids is 1. The normalized spacial score (nSPS) is 11.6. The topological polar surface area (TPSA) is 96.5 Å². The molecule has 0 aliphatic rings. The number of anilines is 1. The van der Waals surface area contributed by atoms with Gasteiger partial charge in [-0.05, 0) is 51.8 Å². The number of aryl methyl sites for hydroxylation is 2. The number of amides is 1. The molecule has 1 N–H and O–H groups in total. The van der Waals surface area contributed by atoms with Crippen LogP contribution >= 0.6 is 0 Å². The van der Waals surface area contributed by atoms with Crippen LogP contribution in [-0.2, 0) is 22.5 Å². The van der Waals surface area contributed by atoms with E-state index in [2.05, 4.69) is 5.32 Å². The van der Waals surface area contributed by atoms with Crippen LogP contribution in [0.5, 0.6) is 11.5 Å². The summed E-state index contributed by atoms with van der Waals surface area (Å²) >= 11 is 0. The number of rotatable bonds is 7. The number of nitrogens with zero attached hydrogens (tertiary/aromatic N) is 2. The fourth-order valence-corrected chi connectivity index (χ4v) is 3.54. The number of carbonyl (C=O) groups is 1. The lowest BCUT2D eigenvalue weighted by Gasteiger charge is -2.19. The van der Waals surface area contributed by atoms with E-state index in [1.54, 1.807) is 25.8 Å². The van der Waals surface area contributed by atoms with E-state index >= 15 is 0 Å². The van der Waals surface area contributed by atoms with E-state index < -0.39 is 11.7 Å². The largest absolute Gasteiger partial charge is 0.496 e. The Morgan fingerprint density at radius 3 is 2.28 bits per heavy atom. The van der Waals surface area contributed by atoms with Crippen LogP contribution in [0.4, 0.5) is 10.5 Å². The van der Waals surface area contributed by atoms with E-state index in [4.69, 9.17) is 28.5 Å². The van der Waals surface area contributed by atoms with E-state index in [1.165, 1.54) is 0 Å². The van der Waals surface area contributed by atoms with Gasteiger partial charge in [0, 0.05) is 7.11 Å². The molecule has 174 valence electrons. The number of hydrogen-bond donors (Lipinski definition) is 1. The molecule has 0 saturated heterocycles. The Morgan fingerprint density at radius 1 is 1.16 bits per heavy atom. The van der Waals surface area contributed by atoms with Crippen molar-refractivity contribution < 1.29 is 28.2 Å². The second kappa shape index (κ2) is 9.12.